The number of rotatable bonds is 2. The highest BCUT2D eigenvalue weighted by atomic mass is 16.3. The van der Waals surface area contributed by atoms with Crippen molar-refractivity contribution in [3.8, 4) is 0 Å². The van der Waals surface area contributed by atoms with Crippen LogP contribution < -0.4 is 10.6 Å². The third-order valence-electron chi connectivity index (χ3n) is 3.07. The third kappa shape index (κ3) is 1.76. The lowest BCUT2D eigenvalue weighted by Gasteiger charge is -2.33. The van der Waals surface area contributed by atoms with Crippen molar-refractivity contribution in [1.82, 2.24) is 10.6 Å². The highest BCUT2D eigenvalue weighted by Crippen LogP contribution is 2.29. The predicted molar refractivity (Wildman–Crippen MR) is 61.5 cm³/mol. The molecule has 6 nitrogen and oxygen atoms in total. The van der Waals surface area contributed by atoms with Crippen LogP contribution in [-0.2, 0) is 9.59 Å². The first-order chi connectivity index (χ1) is 8.46. The van der Waals surface area contributed by atoms with Crippen molar-refractivity contribution in [3.63, 3.8) is 0 Å². The number of imide groups is 2. The molecule has 94 valence electrons. The number of aliphatic hydroxyl groups is 1. The van der Waals surface area contributed by atoms with E-state index in [9.17, 15) is 19.5 Å². The fourth-order valence-electron chi connectivity index (χ4n) is 1.91. The van der Waals surface area contributed by atoms with Crippen LogP contribution in [-0.4, -0.2) is 28.6 Å². The first-order valence-corrected chi connectivity index (χ1v) is 5.40. The van der Waals surface area contributed by atoms with Crippen molar-refractivity contribution < 1.29 is 19.5 Å². The number of hydrogen-bond acceptors (Lipinski definition) is 4. The Balaban J connectivity index is 2.38. The molecule has 6 heteroatoms. The molecule has 0 aliphatic carbocycles. The van der Waals surface area contributed by atoms with Gasteiger partial charge in [0, 0.05) is 5.92 Å². The molecule has 1 fully saturated rings. The Morgan fingerprint density at radius 2 is 1.56 bits per heavy atom. The lowest BCUT2D eigenvalue weighted by Crippen LogP contribution is -2.68. The van der Waals surface area contributed by atoms with Gasteiger partial charge in [-0.3, -0.25) is 20.2 Å². The zero-order chi connectivity index (χ0) is 13.3. The van der Waals surface area contributed by atoms with Gasteiger partial charge in [-0.05, 0) is 5.56 Å². The number of amides is 4. The summed E-state index contributed by atoms with van der Waals surface area (Å²) in [4.78, 5) is 34.4. The van der Waals surface area contributed by atoms with E-state index in [1.807, 2.05) is 10.6 Å². The number of hydrogen-bond donors (Lipinski definition) is 3. The van der Waals surface area contributed by atoms with E-state index >= 15 is 0 Å². The van der Waals surface area contributed by atoms with E-state index in [2.05, 4.69) is 0 Å². The van der Waals surface area contributed by atoms with Crippen LogP contribution in [0.25, 0.3) is 0 Å². The fraction of sp³-hybridized carbons (Fsp3) is 0.250. The topological polar surface area (TPSA) is 95.5 Å². The summed E-state index contributed by atoms with van der Waals surface area (Å²) in [6, 6.07) is 7.72. The Morgan fingerprint density at radius 3 is 2.06 bits per heavy atom. The smallest absolute Gasteiger partial charge is 0.328 e. The predicted octanol–water partition coefficient (Wildman–Crippen LogP) is -0.113. The highest BCUT2D eigenvalue weighted by molar-refractivity contribution is 6.22. The molecule has 1 aliphatic heterocycles. The van der Waals surface area contributed by atoms with E-state index in [0.29, 0.717) is 5.56 Å². The molecule has 0 aromatic heterocycles. The van der Waals surface area contributed by atoms with Crippen LogP contribution in [0.3, 0.4) is 0 Å². The van der Waals surface area contributed by atoms with Crippen molar-refractivity contribution in [2.24, 2.45) is 0 Å². The standard InChI is InChI=1S/C12H12N2O4/c1-7(8-5-3-2-4-6-8)12(18)9(15)13-11(17)14-10(12)16/h2-7,18H,1H3,(H2,13,14,15,16,17). The van der Waals surface area contributed by atoms with Gasteiger partial charge in [0.2, 0.25) is 5.60 Å². The van der Waals surface area contributed by atoms with Crippen molar-refractivity contribution >= 4 is 17.8 Å². The van der Waals surface area contributed by atoms with Crippen molar-refractivity contribution in [2.75, 3.05) is 0 Å². The highest BCUT2D eigenvalue weighted by Gasteiger charge is 2.53. The van der Waals surface area contributed by atoms with Gasteiger partial charge >= 0.3 is 6.03 Å². The van der Waals surface area contributed by atoms with Crippen molar-refractivity contribution in [1.29, 1.82) is 0 Å². The second-order valence-corrected chi connectivity index (χ2v) is 4.14. The Bertz CT molecular complexity index is 492. The fourth-order valence-corrected chi connectivity index (χ4v) is 1.91. The Kier molecular flexibility index (Phi) is 2.88. The minimum atomic E-state index is -2.28. The molecule has 1 saturated heterocycles. The molecule has 2 rings (SSSR count). The Morgan fingerprint density at radius 1 is 1.06 bits per heavy atom. The van der Waals surface area contributed by atoms with Crippen LogP contribution >= 0.6 is 0 Å². The van der Waals surface area contributed by atoms with Crippen molar-refractivity contribution in [3.05, 3.63) is 35.9 Å². The number of carbonyl (C=O) groups is 3. The summed E-state index contributed by atoms with van der Waals surface area (Å²) in [6.07, 6.45) is 0. The maximum atomic E-state index is 11.7. The second kappa shape index (κ2) is 4.23. The summed E-state index contributed by atoms with van der Waals surface area (Å²) >= 11 is 0. The molecule has 1 atom stereocenters. The van der Waals surface area contributed by atoms with E-state index in [-0.39, 0.29) is 0 Å². The van der Waals surface area contributed by atoms with Gasteiger partial charge in [0.05, 0.1) is 0 Å². The van der Waals surface area contributed by atoms with Crippen LogP contribution in [0.15, 0.2) is 30.3 Å². The summed E-state index contributed by atoms with van der Waals surface area (Å²) in [7, 11) is 0. The van der Waals surface area contributed by atoms with Crippen molar-refractivity contribution in [2.45, 2.75) is 18.4 Å². The summed E-state index contributed by atoms with van der Waals surface area (Å²) < 4.78 is 0. The number of urea groups is 1. The lowest BCUT2D eigenvalue weighted by atomic mass is 9.81. The summed E-state index contributed by atoms with van der Waals surface area (Å²) in [5.74, 6) is -2.79. The molecule has 0 saturated carbocycles. The Labute approximate surface area is 103 Å². The quantitative estimate of drug-likeness (QED) is 0.636. The second-order valence-electron chi connectivity index (χ2n) is 4.14. The molecule has 18 heavy (non-hydrogen) atoms. The van der Waals surface area contributed by atoms with Gasteiger partial charge in [-0.2, -0.15) is 0 Å². The average Bonchev–Trinajstić information content (AvgIpc) is 2.36. The largest absolute Gasteiger partial charge is 0.371 e. The summed E-state index contributed by atoms with van der Waals surface area (Å²) in [5, 5.41) is 14.1. The van der Waals surface area contributed by atoms with Gasteiger partial charge < -0.3 is 5.11 Å². The molecular weight excluding hydrogens is 236 g/mol. The van der Waals surface area contributed by atoms with E-state index < -0.39 is 29.4 Å². The zero-order valence-corrected chi connectivity index (χ0v) is 9.64. The molecule has 0 spiro atoms. The van der Waals surface area contributed by atoms with Gasteiger partial charge in [0.15, 0.2) is 0 Å². The van der Waals surface area contributed by atoms with Crippen LogP contribution in [0.2, 0.25) is 0 Å². The molecule has 1 heterocycles. The minimum Gasteiger partial charge on any atom is -0.371 e. The molecule has 0 bridgehead atoms. The van der Waals surface area contributed by atoms with Gasteiger partial charge in [-0.1, -0.05) is 37.3 Å². The summed E-state index contributed by atoms with van der Waals surface area (Å²) in [5.41, 5.74) is -1.66. The lowest BCUT2D eigenvalue weighted by molar-refractivity contribution is -0.156. The van der Waals surface area contributed by atoms with Gasteiger partial charge in [-0.25, -0.2) is 4.79 Å². The van der Waals surface area contributed by atoms with Crippen LogP contribution in [0.1, 0.15) is 18.4 Å². The van der Waals surface area contributed by atoms with E-state index in [1.54, 1.807) is 37.3 Å². The number of benzene rings is 1. The first-order valence-electron chi connectivity index (χ1n) is 5.40. The van der Waals surface area contributed by atoms with E-state index in [4.69, 9.17) is 0 Å². The zero-order valence-electron chi connectivity index (χ0n) is 9.64. The molecular formula is C12H12N2O4. The van der Waals surface area contributed by atoms with Gasteiger partial charge in [0.25, 0.3) is 11.8 Å². The van der Waals surface area contributed by atoms with E-state index in [0.717, 1.165) is 0 Å². The third-order valence-corrected chi connectivity index (χ3v) is 3.07. The number of nitrogens with one attached hydrogen (secondary N) is 2. The van der Waals surface area contributed by atoms with Crippen LogP contribution in [0, 0.1) is 0 Å². The van der Waals surface area contributed by atoms with Crippen LogP contribution in [0.4, 0.5) is 4.79 Å². The molecule has 3 N–H and O–H groups in total. The monoisotopic (exact) mass is 248 g/mol. The van der Waals surface area contributed by atoms with Crippen LogP contribution in [0.5, 0.6) is 0 Å². The molecule has 1 unspecified atom stereocenters. The number of carbonyl (C=O) groups excluding carboxylic acids is 3. The Hall–Kier alpha value is -2.21. The van der Waals surface area contributed by atoms with Gasteiger partial charge in [-0.15, -0.1) is 0 Å². The molecule has 4 amide bonds. The van der Waals surface area contributed by atoms with Gasteiger partial charge in [0.1, 0.15) is 0 Å². The molecule has 1 aromatic carbocycles. The number of barbiturate groups is 1. The SMILES string of the molecule is CC(c1ccccc1)C1(O)C(=O)NC(=O)NC1=O. The van der Waals surface area contributed by atoms with E-state index in [1.165, 1.54) is 0 Å². The maximum absolute atomic E-state index is 11.7. The summed E-state index contributed by atoms with van der Waals surface area (Å²) in [6.45, 7) is 1.55. The molecule has 0 radical (unpaired) electrons. The first kappa shape index (κ1) is 12.3. The normalized spacial score (nSPS) is 20.0. The maximum Gasteiger partial charge on any atom is 0.328 e. The molecule has 1 aliphatic rings. The average molecular weight is 248 g/mol. The minimum absolute atomic E-state index is 0.625. The molecule has 1 aromatic rings.